The minimum Gasteiger partial charge on any atom is -0.451 e. The van der Waals surface area contributed by atoms with Gasteiger partial charge in [-0.1, -0.05) is 26.0 Å². The van der Waals surface area contributed by atoms with Gasteiger partial charge in [-0.05, 0) is 29.7 Å². The smallest absolute Gasteiger partial charge is 0.416 e. The number of hydrogen-bond acceptors (Lipinski definition) is 3. The molecule has 0 saturated carbocycles. The molecule has 0 bridgehead atoms. The summed E-state index contributed by atoms with van der Waals surface area (Å²) in [5.74, 6) is -1.15. The standard InChI is InChI=1S/C16H15F3N2O3/c1-9(2)13-14(23)21-15(24-13)20-12(22)8-5-10-3-6-11(7-4-10)16(17,18)19/h3-9,13H,1-2H3,(H,20,21,22,23)/b8-5+/t13-/m1/s1. The molecule has 1 N–H and O–H groups in total. The van der Waals surface area contributed by atoms with Gasteiger partial charge < -0.3 is 4.74 Å². The maximum atomic E-state index is 12.4. The van der Waals surface area contributed by atoms with Gasteiger partial charge in [0.25, 0.3) is 11.8 Å². The lowest BCUT2D eigenvalue weighted by molar-refractivity contribution is -0.137. The van der Waals surface area contributed by atoms with Crippen LogP contribution in [0.4, 0.5) is 13.2 Å². The second-order valence-electron chi connectivity index (χ2n) is 5.48. The number of aliphatic imine (C=N–C) groups is 1. The summed E-state index contributed by atoms with van der Waals surface area (Å²) in [5, 5.41) is 2.35. The van der Waals surface area contributed by atoms with Gasteiger partial charge in [0, 0.05) is 6.08 Å². The van der Waals surface area contributed by atoms with E-state index in [1.54, 1.807) is 13.8 Å². The Labute approximate surface area is 136 Å². The summed E-state index contributed by atoms with van der Waals surface area (Å²) in [6.45, 7) is 3.58. The molecule has 1 saturated heterocycles. The summed E-state index contributed by atoms with van der Waals surface area (Å²) >= 11 is 0. The molecule has 0 aromatic heterocycles. The van der Waals surface area contributed by atoms with Crippen molar-refractivity contribution in [3.05, 3.63) is 41.5 Å². The molecular weight excluding hydrogens is 325 g/mol. The molecule has 2 rings (SSSR count). The summed E-state index contributed by atoms with van der Waals surface area (Å²) in [5.41, 5.74) is -0.360. The number of hydrogen-bond donors (Lipinski definition) is 1. The van der Waals surface area contributed by atoms with Crippen LogP contribution >= 0.6 is 0 Å². The van der Waals surface area contributed by atoms with E-state index in [0.29, 0.717) is 5.56 Å². The Morgan fingerprint density at radius 2 is 1.92 bits per heavy atom. The van der Waals surface area contributed by atoms with E-state index >= 15 is 0 Å². The largest absolute Gasteiger partial charge is 0.451 e. The second-order valence-corrected chi connectivity index (χ2v) is 5.48. The lowest BCUT2D eigenvalue weighted by Gasteiger charge is -2.09. The predicted octanol–water partition coefficient (Wildman–Crippen LogP) is 2.77. The van der Waals surface area contributed by atoms with E-state index in [1.807, 2.05) is 0 Å². The molecule has 0 spiro atoms. The number of carbonyl (C=O) groups excluding carboxylic acids is 2. The minimum atomic E-state index is -4.41. The molecule has 1 aromatic rings. The highest BCUT2D eigenvalue weighted by molar-refractivity contribution is 6.07. The molecule has 5 nitrogen and oxygen atoms in total. The highest BCUT2D eigenvalue weighted by Gasteiger charge is 2.33. The molecule has 1 fully saturated rings. The van der Waals surface area contributed by atoms with Crippen molar-refractivity contribution in [3.63, 3.8) is 0 Å². The van der Waals surface area contributed by atoms with Crippen molar-refractivity contribution in [3.8, 4) is 0 Å². The van der Waals surface area contributed by atoms with E-state index in [9.17, 15) is 22.8 Å². The van der Waals surface area contributed by atoms with Crippen LogP contribution in [0.15, 0.2) is 35.3 Å². The quantitative estimate of drug-likeness (QED) is 0.861. The average molecular weight is 340 g/mol. The van der Waals surface area contributed by atoms with Gasteiger partial charge in [0.05, 0.1) is 5.56 Å². The number of ether oxygens (including phenoxy) is 1. The number of amides is 2. The van der Waals surface area contributed by atoms with Gasteiger partial charge in [0.2, 0.25) is 0 Å². The van der Waals surface area contributed by atoms with Gasteiger partial charge in [0.15, 0.2) is 6.10 Å². The van der Waals surface area contributed by atoms with E-state index in [4.69, 9.17) is 4.74 Å². The summed E-state index contributed by atoms with van der Waals surface area (Å²) in [6.07, 6.45) is -2.71. The molecule has 1 aromatic carbocycles. The van der Waals surface area contributed by atoms with Crippen LogP contribution in [0.3, 0.4) is 0 Å². The van der Waals surface area contributed by atoms with E-state index in [0.717, 1.165) is 18.2 Å². The molecule has 0 radical (unpaired) electrons. The molecule has 0 unspecified atom stereocenters. The molecule has 128 valence electrons. The molecule has 1 aliphatic rings. The molecule has 1 atom stereocenters. The first kappa shape index (κ1) is 17.7. The fourth-order valence-electron chi connectivity index (χ4n) is 1.96. The van der Waals surface area contributed by atoms with Crippen LogP contribution in [0.1, 0.15) is 25.0 Å². The number of alkyl halides is 3. The highest BCUT2D eigenvalue weighted by Crippen LogP contribution is 2.29. The van der Waals surface area contributed by atoms with Gasteiger partial charge in [-0.25, -0.2) is 0 Å². The molecule has 0 aliphatic carbocycles. The topological polar surface area (TPSA) is 67.8 Å². The van der Waals surface area contributed by atoms with Crippen LogP contribution in [-0.2, 0) is 20.5 Å². The zero-order chi connectivity index (χ0) is 17.9. The fraction of sp³-hybridized carbons (Fsp3) is 0.312. The maximum Gasteiger partial charge on any atom is 0.416 e. The normalized spacial score (nSPS) is 19.8. The van der Waals surface area contributed by atoms with Crippen LogP contribution in [0.2, 0.25) is 0 Å². The second kappa shape index (κ2) is 6.86. The Balaban J connectivity index is 2.01. The third-order valence-electron chi connectivity index (χ3n) is 3.20. The van der Waals surface area contributed by atoms with Crippen molar-refractivity contribution < 1.29 is 27.5 Å². The SMILES string of the molecule is CC(C)[C@H]1OC(=NC(=O)/C=C/c2ccc(C(F)(F)F)cc2)NC1=O. The summed E-state index contributed by atoms with van der Waals surface area (Å²) in [6, 6.07) is 4.14. The van der Waals surface area contributed by atoms with Gasteiger partial charge in [0.1, 0.15) is 0 Å². The van der Waals surface area contributed by atoms with Crippen molar-refractivity contribution >= 4 is 23.9 Å². The first-order valence-electron chi connectivity index (χ1n) is 7.12. The number of amidine groups is 1. The number of nitrogens with zero attached hydrogens (tertiary/aromatic N) is 1. The van der Waals surface area contributed by atoms with E-state index < -0.39 is 23.8 Å². The Kier molecular flexibility index (Phi) is 5.06. The minimum absolute atomic E-state index is 0.0736. The van der Waals surface area contributed by atoms with Gasteiger partial charge >= 0.3 is 12.2 Å². The Morgan fingerprint density at radius 1 is 1.29 bits per heavy atom. The first-order valence-corrected chi connectivity index (χ1v) is 7.12. The average Bonchev–Trinajstić information content (AvgIpc) is 2.85. The Bertz CT molecular complexity index is 692. The number of halogens is 3. The van der Waals surface area contributed by atoms with Crippen LogP contribution in [0.5, 0.6) is 0 Å². The van der Waals surface area contributed by atoms with Crippen molar-refractivity contribution in [2.45, 2.75) is 26.1 Å². The van der Waals surface area contributed by atoms with Crippen LogP contribution in [0.25, 0.3) is 6.08 Å². The predicted molar refractivity (Wildman–Crippen MR) is 80.8 cm³/mol. The summed E-state index contributed by atoms with van der Waals surface area (Å²) in [4.78, 5) is 26.8. The third-order valence-corrected chi connectivity index (χ3v) is 3.20. The van der Waals surface area contributed by atoms with E-state index in [2.05, 4.69) is 10.3 Å². The van der Waals surface area contributed by atoms with E-state index in [1.165, 1.54) is 18.2 Å². The number of carbonyl (C=O) groups is 2. The van der Waals surface area contributed by atoms with Gasteiger partial charge in [-0.2, -0.15) is 18.2 Å². The Hall–Kier alpha value is -2.64. The lowest BCUT2D eigenvalue weighted by Crippen LogP contribution is -2.28. The molecule has 2 amide bonds. The monoisotopic (exact) mass is 340 g/mol. The van der Waals surface area contributed by atoms with Crippen LogP contribution in [-0.4, -0.2) is 23.9 Å². The molecule has 1 heterocycles. The van der Waals surface area contributed by atoms with Crippen LogP contribution < -0.4 is 5.32 Å². The molecule has 24 heavy (non-hydrogen) atoms. The van der Waals surface area contributed by atoms with Crippen molar-refractivity contribution in [2.24, 2.45) is 10.9 Å². The Morgan fingerprint density at radius 3 is 2.42 bits per heavy atom. The van der Waals surface area contributed by atoms with Crippen LogP contribution in [0, 0.1) is 5.92 Å². The van der Waals surface area contributed by atoms with Crippen molar-refractivity contribution in [1.82, 2.24) is 5.32 Å². The molecule has 1 aliphatic heterocycles. The first-order chi connectivity index (χ1) is 11.2. The van der Waals surface area contributed by atoms with E-state index in [-0.39, 0.29) is 17.8 Å². The summed E-state index contributed by atoms with van der Waals surface area (Å²) in [7, 11) is 0. The zero-order valence-corrected chi connectivity index (χ0v) is 12.9. The lowest BCUT2D eigenvalue weighted by atomic mass is 10.1. The zero-order valence-electron chi connectivity index (χ0n) is 12.9. The molecule has 8 heteroatoms. The number of nitrogens with one attached hydrogen (secondary N) is 1. The summed E-state index contributed by atoms with van der Waals surface area (Å²) < 4.78 is 42.5. The van der Waals surface area contributed by atoms with Gasteiger partial charge in [-0.3, -0.25) is 14.9 Å². The van der Waals surface area contributed by atoms with Crippen molar-refractivity contribution in [2.75, 3.05) is 0 Å². The maximum absolute atomic E-state index is 12.4. The highest BCUT2D eigenvalue weighted by atomic mass is 19.4. The van der Waals surface area contributed by atoms with Crippen molar-refractivity contribution in [1.29, 1.82) is 0 Å². The number of rotatable bonds is 3. The fourth-order valence-corrected chi connectivity index (χ4v) is 1.96. The third kappa shape index (κ3) is 4.43. The number of benzene rings is 1. The van der Waals surface area contributed by atoms with Gasteiger partial charge in [-0.15, -0.1) is 0 Å². The molecular formula is C16H15F3N2O3.